The van der Waals surface area contributed by atoms with Gasteiger partial charge in [0.25, 0.3) is 5.91 Å². The number of piperidine rings is 1. The first-order chi connectivity index (χ1) is 14.4. The Labute approximate surface area is 180 Å². The minimum absolute atomic E-state index is 0.191. The lowest BCUT2D eigenvalue weighted by Crippen LogP contribution is -2.43. The predicted octanol–water partition coefficient (Wildman–Crippen LogP) is 4.07. The van der Waals surface area contributed by atoms with E-state index in [1.807, 2.05) is 37.3 Å². The molecule has 3 amide bonds. The maximum atomic E-state index is 12.3. The van der Waals surface area contributed by atoms with Crippen LogP contribution in [0.2, 0.25) is 5.02 Å². The molecule has 0 aromatic heterocycles. The molecule has 0 radical (unpaired) electrons. The van der Waals surface area contributed by atoms with E-state index in [0.717, 1.165) is 11.3 Å². The molecule has 7 nitrogen and oxygen atoms in total. The SMILES string of the molecule is Cc1ccc(NC(=O)COC(=O)C2CCN(C(=O)Nc3ccccc3)CC2)cc1Cl. The maximum Gasteiger partial charge on any atom is 0.321 e. The first kappa shape index (κ1) is 21.6. The number of nitrogens with one attached hydrogen (secondary N) is 2. The van der Waals surface area contributed by atoms with E-state index >= 15 is 0 Å². The van der Waals surface area contributed by atoms with Gasteiger partial charge in [0.2, 0.25) is 0 Å². The number of aryl methyl sites for hydroxylation is 1. The minimum atomic E-state index is -0.428. The fourth-order valence-corrected chi connectivity index (χ4v) is 3.35. The Morgan fingerprint density at radius 2 is 1.73 bits per heavy atom. The molecule has 158 valence electrons. The van der Waals surface area contributed by atoms with Gasteiger partial charge < -0.3 is 20.3 Å². The summed E-state index contributed by atoms with van der Waals surface area (Å²) in [5.41, 5.74) is 2.18. The smallest absolute Gasteiger partial charge is 0.321 e. The molecule has 1 saturated heterocycles. The summed E-state index contributed by atoms with van der Waals surface area (Å²) in [5, 5.41) is 6.04. The molecule has 30 heavy (non-hydrogen) atoms. The van der Waals surface area contributed by atoms with Gasteiger partial charge in [0.15, 0.2) is 6.61 Å². The summed E-state index contributed by atoms with van der Waals surface area (Å²) in [5.74, 6) is -1.18. The second kappa shape index (κ2) is 10.1. The van der Waals surface area contributed by atoms with Crippen LogP contribution < -0.4 is 10.6 Å². The molecule has 1 aliphatic rings. The van der Waals surface area contributed by atoms with Gasteiger partial charge in [0.1, 0.15) is 0 Å². The standard InChI is InChI=1S/C22H24ClN3O4/c1-15-7-8-18(13-19(15)23)24-20(27)14-30-21(28)16-9-11-26(12-10-16)22(29)25-17-5-3-2-4-6-17/h2-8,13,16H,9-12,14H2,1H3,(H,24,27)(H,25,29). The van der Waals surface area contributed by atoms with Gasteiger partial charge in [0, 0.05) is 29.5 Å². The number of para-hydroxylation sites is 1. The van der Waals surface area contributed by atoms with Crippen LogP contribution in [0.15, 0.2) is 48.5 Å². The second-order valence-electron chi connectivity index (χ2n) is 7.18. The zero-order valence-corrected chi connectivity index (χ0v) is 17.4. The third kappa shape index (κ3) is 5.97. The van der Waals surface area contributed by atoms with Crippen molar-refractivity contribution in [2.24, 2.45) is 5.92 Å². The molecule has 0 bridgehead atoms. The van der Waals surface area contributed by atoms with Crippen LogP contribution in [-0.2, 0) is 14.3 Å². The number of carbonyl (C=O) groups is 3. The lowest BCUT2D eigenvalue weighted by molar-refractivity contribution is -0.152. The number of hydrogen-bond donors (Lipinski definition) is 2. The molecule has 1 heterocycles. The number of rotatable bonds is 5. The molecule has 2 aromatic rings. The number of likely N-dealkylation sites (tertiary alicyclic amines) is 1. The normalized spacial score (nSPS) is 14.1. The number of nitrogens with zero attached hydrogens (tertiary/aromatic N) is 1. The topological polar surface area (TPSA) is 87.7 Å². The van der Waals surface area contributed by atoms with Crippen LogP contribution in [0.1, 0.15) is 18.4 Å². The van der Waals surface area contributed by atoms with E-state index in [0.29, 0.717) is 36.6 Å². The number of carbonyl (C=O) groups excluding carboxylic acids is 3. The Hall–Kier alpha value is -3.06. The largest absolute Gasteiger partial charge is 0.455 e. The van der Waals surface area contributed by atoms with Gasteiger partial charge in [-0.2, -0.15) is 0 Å². The van der Waals surface area contributed by atoms with Gasteiger partial charge in [-0.1, -0.05) is 35.9 Å². The molecule has 0 saturated carbocycles. The molecular weight excluding hydrogens is 406 g/mol. The van der Waals surface area contributed by atoms with Gasteiger partial charge in [0.05, 0.1) is 5.92 Å². The third-order valence-electron chi connectivity index (χ3n) is 4.94. The summed E-state index contributed by atoms with van der Waals surface area (Å²) in [6, 6.07) is 14.2. The Bertz CT molecular complexity index is 912. The molecule has 3 rings (SSSR count). The molecular formula is C22H24ClN3O4. The van der Waals surface area contributed by atoms with Crippen molar-refractivity contribution in [1.82, 2.24) is 4.90 Å². The average molecular weight is 430 g/mol. The van der Waals surface area contributed by atoms with Gasteiger partial charge in [-0.15, -0.1) is 0 Å². The lowest BCUT2D eigenvalue weighted by Gasteiger charge is -2.30. The molecule has 0 unspecified atom stereocenters. The first-order valence-corrected chi connectivity index (χ1v) is 10.1. The van der Waals surface area contributed by atoms with Gasteiger partial charge in [-0.3, -0.25) is 9.59 Å². The zero-order chi connectivity index (χ0) is 21.5. The number of amides is 3. The Kier molecular flexibility index (Phi) is 7.30. The minimum Gasteiger partial charge on any atom is -0.455 e. The summed E-state index contributed by atoms with van der Waals surface area (Å²) in [4.78, 5) is 38.3. The van der Waals surface area contributed by atoms with E-state index in [1.54, 1.807) is 23.1 Å². The third-order valence-corrected chi connectivity index (χ3v) is 5.35. The maximum absolute atomic E-state index is 12.3. The van der Waals surface area contributed by atoms with E-state index < -0.39 is 11.9 Å². The monoisotopic (exact) mass is 429 g/mol. The summed E-state index contributed by atoms with van der Waals surface area (Å²) in [7, 11) is 0. The number of urea groups is 1. The van der Waals surface area contributed by atoms with Crippen LogP contribution >= 0.6 is 11.6 Å². The Morgan fingerprint density at radius 3 is 2.40 bits per heavy atom. The van der Waals surface area contributed by atoms with Crippen LogP contribution in [0.3, 0.4) is 0 Å². The lowest BCUT2D eigenvalue weighted by atomic mass is 9.97. The number of anilines is 2. The molecule has 8 heteroatoms. The summed E-state index contributed by atoms with van der Waals surface area (Å²) >= 11 is 6.04. The number of ether oxygens (including phenoxy) is 1. The van der Waals surface area contributed by atoms with E-state index in [1.165, 1.54) is 0 Å². The van der Waals surface area contributed by atoms with Gasteiger partial charge in [-0.25, -0.2) is 4.79 Å². The molecule has 0 aliphatic carbocycles. The van der Waals surface area contributed by atoms with Gasteiger partial charge >= 0.3 is 12.0 Å². The highest BCUT2D eigenvalue weighted by Gasteiger charge is 2.28. The number of esters is 1. The van der Waals surface area contributed by atoms with E-state index in [2.05, 4.69) is 10.6 Å². The van der Waals surface area contributed by atoms with Crippen LogP contribution in [0, 0.1) is 12.8 Å². The van der Waals surface area contributed by atoms with E-state index in [9.17, 15) is 14.4 Å². The van der Waals surface area contributed by atoms with Crippen LogP contribution in [0.25, 0.3) is 0 Å². The van der Waals surface area contributed by atoms with Crippen LogP contribution in [-0.4, -0.2) is 42.5 Å². The first-order valence-electron chi connectivity index (χ1n) is 9.76. The summed E-state index contributed by atoms with van der Waals surface area (Å²) in [6.07, 6.45) is 0.993. The van der Waals surface area contributed by atoms with Crippen molar-refractivity contribution in [3.8, 4) is 0 Å². The highest BCUT2D eigenvalue weighted by Crippen LogP contribution is 2.21. The Morgan fingerprint density at radius 1 is 1.03 bits per heavy atom. The highest BCUT2D eigenvalue weighted by molar-refractivity contribution is 6.31. The van der Waals surface area contributed by atoms with Crippen LogP contribution in [0.5, 0.6) is 0 Å². The fourth-order valence-electron chi connectivity index (χ4n) is 3.16. The second-order valence-corrected chi connectivity index (χ2v) is 7.58. The Balaban J connectivity index is 1.40. The van der Waals surface area contributed by atoms with Crippen molar-refractivity contribution in [3.63, 3.8) is 0 Å². The molecule has 0 atom stereocenters. The van der Waals surface area contributed by atoms with Crippen molar-refractivity contribution >= 4 is 40.9 Å². The van der Waals surface area contributed by atoms with Crippen molar-refractivity contribution in [2.45, 2.75) is 19.8 Å². The van der Waals surface area contributed by atoms with Gasteiger partial charge in [-0.05, 0) is 49.6 Å². The molecule has 2 N–H and O–H groups in total. The molecule has 1 aliphatic heterocycles. The number of benzene rings is 2. The van der Waals surface area contributed by atoms with Crippen LogP contribution in [0.4, 0.5) is 16.2 Å². The predicted molar refractivity (Wildman–Crippen MR) is 116 cm³/mol. The molecule has 0 spiro atoms. The molecule has 1 fully saturated rings. The number of halogens is 1. The van der Waals surface area contributed by atoms with Crippen molar-refractivity contribution in [2.75, 3.05) is 30.3 Å². The summed E-state index contributed by atoms with van der Waals surface area (Å²) in [6.45, 7) is 2.41. The average Bonchev–Trinajstić information content (AvgIpc) is 2.75. The van der Waals surface area contributed by atoms with Crippen molar-refractivity contribution < 1.29 is 19.1 Å². The quantitative estimate of drug-likeness (QED) is 0.701. The van der Waals surface area contributed by atoms with E-state index in [4.69, 9.17) is 16.3 Å². The number of hydrogen-bond acceptors (Lipinski definition) is 4. The molecule has 2 aromatic carbocycles. The summed E-state index contributed by atoms with van der Waals surface area (Å²) < 4.78 is 5.16. The van der Waals surface area contributed by atoms with E-state index in [-0.39, 0.29) is 18.6 Å². The highest BCUT2D eigenvalue weighted by atomic mass is 35.5. The fraction of sp³-hybridized carbons (Fsp3) is 0.318. The van der Waals surface area contributed by atoms with Crippen molar-refractivity contribution in [3.05, 3.63) is 59.1 Å². The zero-order valence-electron chi connectivity index (χ0n) is 16.7. The van der Waals surface area contributed by atoms with Crippen molar-refractivity contribution in [1.29, 1.82) is 0 Å².